The van der Waals surface area contributed by atoms with Gasteiger partial charge in [0.1, 0.15) is 37.8 Å². The first-order valence-electron chi connectivity index (χ1n) is 16.6. The van der Waals surface area contributed by atoms with E-state index in [1.165, 1.54) is 18.2 Å². The number of rotatable bonds is 17. The molecule has 0 radical (unpaired) electrons. The van der Waals surface area contributed by atoms with Gasteiger partial charge in [-0.15, -0.1) is 10.2 Å². The van der Waals surface area contributed by atoms with Crippen LogP contribution in [0.25, 0.3) is 10.8 Å². The van der Waals surface area contributed by atoms with E-state index in [1.807, 2.05) is 0 Å². The summed E-state index contributed by atoms with van der Waals surface area (Å²) in [6.07, 6.45) is -0.780. The zero-order chi connectivity index (χ0) is 45.9. The Labute approximate surface area is 361 Å². The van der Waals surface area contributed by atoms with Gasteiger partial charge >= 0.3 is 11.9 Å². The van der Waals surface area contributed by atoms with E-state index in [0.717, 1.165) is 42.5 Å². The Morgan fingerprint density at radius 2 is 1.44 bits per heavy atom. The lowest BCUT2D eigenvalue weighted by Gasteiger charge is -2.17. The van der Waals surface area contributed by atoms with E-state index >= 15 is 0 Å². The number of alkyl halides is 1. The van der Waals surface area contributed by atoms with Gasteiger partial charge in [-0.2, -0.15) is 40.2 Å². The maximum absolute atomic E-state index is 12.8. The molecule has 0 aliphatic carbocycles. The summed E-state index contributed by atoms with van der Waals surface area (Å²) in [6, 6.07) is 9.02. The van der Waals surface area contributed by atoms with Crippen LogP contribution in [-0.4, -0.2) is 104 Å². The number of hydrogen-bond donors (Lipinski definition) is 11. The summed E-state index contributed by atoms with van der Waals surface area (Å²) in [7, 11) is -14.7. The average Bonchev–Trinajstić information content (AvgIpc) is 3.14. The topological polar surface area (TPSA) is 413 Å². The molecule has 2 atom stereocenters. The third kappa shape index (κ3) is 11.8. The molecule has 30 heteroatoms. The number of halogens is 2. The number of carboxylic acid groups (broad SMARTS) is 2. The number of fused-ring (bicyclic) bond motifs is 1. The fourth-order valence-corrected chi connectivity index (χ4v) is 7.55. The van der Waals surface area contributed by atoms with Crippen molar-refractivity contribution in [1.82, 2.24) is 20.3 Å². The van der Waals surface area contributed by atoms with E-state index in [0.29, 0.717) is 0 Å². The summed E-state index contributed by atoms with van der Waals surface area (Å²) in [4.78, 5) is 43.6. The van der Waals surface area contributed by atoms with Crippen LogP contribution in [0.4, 0.5) is 46.0 Å². The van der Waals surface area contributed by atoms with E-state index in [-0.39, 0.29) is 40.1 Å². The number of hydrogen-bond acceptors (Lipinski definition) is 19. The minimum absolute atomic E-state index is 0.0522. The zero-order valence-electron chi connectivity index (χ0n) is 30.5. The molecule has 5 rings (SSSR count). The van der Waals surface area contributed by atoms with Gasteiger partial charge in [0.2, 0.25) is 23.1 Å². The van der Waals surface area contributed by atoms with Gasteiger partial charge in [-0.3, -0.25) is 28.0 Å². The van der Waals surface area contributed by atoms with Gasteiger partial charge in [-0.05, 0) is 65.5 Å². The lowest BCUT2D eigenvalue weighted by Crippen LogP contribution is -2.43. The van der Waals surface area contributed by atoms with Crippen LogP contribution in [0.15, 0.2) is 85.6 Å². The van der Waals surface area contributed by atoms with Gasteiger partial charge in [-0.1, -0.05) is 22.0 Å². The number of aromatic hydroxyl groups is 1. The van der Waals surface area contributed by atoms with Gasteiger partial charge in [0.25, 0.3) is 30.4 Å². The summed E-state index contributed by atoms with van der Waals surface area (Å²) in [5.74, 6) is -5.21. The second kappa shape index (κ2) is 18.4. The Bertz CT molecular complexity index is 3020. The summed E-state index contributed by atoms with van der Waals surface area (Å²) in [6.45, 7) is -0.349. The van der Waals surface area contributed by atoms with Crippen LogP contribution in [-0.2, 0) is 44.7 Å². The number of aliphatic carboxylic acids is 2. The molecule has 0 saturated carbocycles. The van der Waals surface area contributed by atoms with E-state index in [4.69, 9.17) is 22.4 Å². The summed E-state index contributed by atoms with van der Waals surface area (Å²) < 4.78 is 102. The Morgan fingerprint density at radius 1 is 0.790 bits per heavy atom. The molecule has 328 valence electrons. The molecule has 2 unspecified atom stereocenters. The molecule has 0 aliphatic rings. The van der Waals surface area contributed by atoms with Crippen molar-refractivity contribution in [3.8, 4) is 5.75 Å². The van der Waals surface area contributed by atoms with Gasteiger partial charge in [-0.25, -0.2) is 0 Å². The molecule has 0 bridgehead atoms. The highest BCUT2D eigenvalue weighted by atomic mass is 79.9. The lowest BCUT2D eigenvalue weighted by atomic mass is 10.1. The van der Waals surface area contributed by atoms with Crippen LogP contribution in [0.3, 0.4) is 0 Å². The van der Waals surface area contributed by atoms with E-state index in [1.54, 1.807) is 0 Å². The van der Waals surface area contributed by atoms with Crippen molar-refractivity contribution in [2.45, 2.75) is 32.0 Å². The van der Waals surface area contributed by atoms with Crippen LogP contribution in [0.1, 0.15) is 6.42 Å². The number of phenols is 1. The number of nitrogens with two attached hydrogens (primary N) is 1. The molecular formula is C32H28BrClN10O15S3. The van der Waals surface area contributed by atoms with Crippen molar-refractivity contribution in [1.29, 1.82) is 0 Å². The first-order chi connectivity index (χ1) is 28.8. The Kier molecular flexibility index (Phi) is 13.9. The number of nitrogens with zero attached hydrogens (tertiary/aromatic N) is 5. The number of carbonyl (C=O) groups is 3. The first-order valence-corrected chi connectivity index (χ1v) is 22.2. The smallest absolute Gasteiger partial charge is 0.321 e. The SMILES string of the molecule is Nc1ccc2cc(S(=O)(=O)O)cc(O)c2c1N=Nc1ccc(Nc2nc(Cl)nc(Nc3cc(NC(=O)C(Br)CNC(CC(=O)O)C(=O)O)ccc3S(=O)(=O)O)n2)cc1S(=O)(=O)O. The second-order valence-corrected chi connectivity index (χ2v) is 18.1. The van der Waals surface area contributed by atoms with Crippen molar-refractivity contribution in [3.63, 3.8) is 0 Å². The van der Waals surface area contributed by atoms with Gasteiger partial charge in [0, 0.05) is 24.0 Å². The van der Waals surface area contributed by atoms with Gasteiger partial charge in [0.05, 0.1) is 28.1 Å². The van der Waals surface area contributed by atoms with E-state index in [2.05, 4.69) is 62.4 Å². The Morgan fingerprint density at radius 3 is 2.05 bits per heavy atom. The molecule has 1 amide bonds. The number of phenolic OH excluding ortho intramolecular Hbond substituents is 1. The quantitative estimate of drug-likeness (QED) is 0.0273. The highest BCUT2D eigenvalue weighted by Crippen LogP contribution is 2.41. The maximum Gasteiger partial charge on any atom is 0.321 e. The molecule has 1 aromatic heterocycles. The minimum atomic E-state index is -5.07. The standard InChI is InChI=1S/C32H28BrClN10O15S3/c33-17(12-36-21(29(49)50)11-25(46)47)28(48)37-14-3-6-23(61(54,55)56)20(8-14)39-32-41-30(34)40-31(42-32)38-15-2-5-19(24(9-15)62(57,58)59)43-44-27-18(35)4-1-13-7-16(60(51,52)53)10-22(45)26(13)27/h1-10,17,21,36,45H,11-12,35H2,(H,37,48)(H,46,47)(H,49,50)(H,51,52,53)(H,54,55,56)(H,57,58,59)(H2,38,39,40,41,42). The maximum atomic E-state index is 12.8. The number of nitrogens with one attached hydrogen (secondary N) is 4. The molecule has 12 N–H and O–H groups in total. The number of nitrogen functional groups attached to an aromatic ring is 1. The highest BCUT2D eigenvalue weighted by molar-refractivity contribution is 9.10. The number of carbonyl (C=O) groups excluding carboxylic acids is 1. The summed E-state index contributed by atoms with van der Waals surface area (Å²) in [5.41, 5.74) is 4.61. The molecule has 5 aromatic rings. The van der Waals surface area contributed by atoms with Crippen LogP contribution in [0, 0.1) is 0 Å². The van der Waals surface area contributed by atoms with Crippen molar-refractivity contribution in [2.24, 2.45) is 10.2 Å². The number of carboxylic acids is 2. The van der Waals surface area contributed by atoms with Gasteiger partial charge < -0.3 is 42.3 Å². The molecule has 0 spiro atoms. The third-order valence-corrected chi connectivity index (χ3v) is 11.5. The monoisotopic (exact) mass is 1000 g/mol. The van der Waals surface area contributed by atoms with Crippen LogP contribution >= 0.6 is 27.5 Å². The molecule has 0 fully saturated rings. The van der Waals surface area contributed by atoms with E-state index < -0.39 is 114 Å². The van der Waals surface area contributed by atoms with Crippen molar-refractivity contribution >= 4 is 133 Å². The Balaban J connectivity index is 1.41. The molecule has 1 heterocycles. The van der Waals surface area contributed by atoms with Crippen LogP contribution < -0.4 is 27.0 Å². The fraction of sp³-hybridized carbons (Fsp3) is 0.125. The number of anilines is 6. The zero-order valence-corrected chi connectivity index (χ0v) is 35.3. The normalized spacial score (nSPS) is 13.1. The number of azo groups is 1. The predicted molar refractivity (Wildman–Crippen MR) is 221 cm³/mol. The first kappa shape index (κ1) is 46.9. The molecule has 4 aromatic carbocycles. The van der Waals surface area contributed by atoms with Crippen LogP contribution in [0.5, 0.6) is 5.75 Å². The highest BCUT2D eigenvalue weighted by Gasteiger charge is 2.25. The van der Waals surface area contributed by atoms with Gasteiger partial charge in [0.15, 0.2) is 0 Å². The average molecular weight is 1000 g/mol. The van der Waals surface area contributed by atoms with E-state index in [9.17, 15) is 63.5 Å². The number of amides is 1. The largest absolute Gasteiger partial charge is 0.507 e. The van der Waals surface area contributed by atoms with Crippen LogP contribution in [0.2, 0.25) is 5.28 Å². The minimum Gasteiger partial charge on any atom is -0.507 e. The van der Waals surface area contributed by atoms with Crippen molar-refractivity contribution in [3.05, 3.63) is 65.9 Å². The molecule has 25 nitrogen and oxygen atoms in total. The second-order valence-electron chi connectivity index (χ2n) is 12.4. The number of aromatic nitrogens is 3. The Hall–Kier alpha value is -6.18. The fourth-order valence-electron chi connectivity index (χ4n) is 5.28. The molecule has 0 aliphatic heterocycles. The van der Waals surface area contributed by atoms with Crippen molar-refractivity contribution in [2.75, 3.05) is 28.2 Å². The molecule has 0 saturated heterocycles. The van der Waals surface area contributed by atoms with Crippen molar-refractivity contribution < 1.29 is 68.6 Å². The molecule has 62 heavy (non-hydrogen) atoms. The summed E-state index contributed by atoms with van der Waals surface area (Å²) >= 11 is 9.15. The summed E-state index contributed by atoms with van der Waals surface area (Å²) in [5, 5.41) is 45.9. The molecular weight excluding hydrogens is 976 g/mol. The predicted octanol–water partition coefficient (Wildman–Crippen LogP) is 3.83. The number of benzene rings is 4. The third-order valence-electron chi connectivity index (χ3n) is 8.01. The lowest BCUT2D eigenvalue weighted by molar-refractivity contribution is -0.145.